The normalized spacial score (nSPS) is 33.7. The molecule has 2 aliphatic rings. The zero-order chi connectivity index (χ0) is 14.6. The molecular weight excluding hydrogens is 279 g/mol. The van der Waals surface area contributed by atoms with E-state index in [9.17, 15) is 18.0 Å². The zero-order valence-corrected chi connectivity index (χ0v) is 11.1. The van der Waals surface area contributed by atoms with Crippen molar-refractivity contribution in [3.05, 3.63) is 0 Å². The molecular formula is C11H12F3N3OS. The molecule has 1 saturated carbocycles. The van der Waals surface area contributed by atoms with Crippen molar-refractivity contribution in [2.45, 2.75) is 38.0 Å². The van der Waals surface area contributed by atoms with E-state index in [2.05, 4.69) is 5.32 Å². The van der Waals surface area contributed by atoms with Crippen LogP contribution in [-0.4, -0.2) is 33.7 Å². The van der Waals surface area contributed by atoms with Crippen molar-refractivity contribution in [1.82, 2.24) is 10.2 Å². The van der Waals surface area contributed by atoms with Gasteiger partial charge in [-0.2, -0.15) is 18.4 Å². The van der Waals surface area contributed by atoms with E-state index in [1.807, 2.05) is 6.07 Å². The first-order valence-corrected chi connectivity index (χ1v) is 6.12. The number of rotatable bonds is 1. The fourth-order valence-electron chi connectivity index (χ4n) is 2.50. The molecule has 0 spiro atoms. The van der Waals surface area contributed by atoms with Gasteiger partial charge in [-0.05, 0) is 32.5 Å². The van der Waals surface area contributed by atoms with Crippen molar-refractivity contribution in [2.24, 2.45) is 11.8 Å². The van der Waals surface area contributed by atoms with Gasteiger partial charge in [0.2, 0.25) is 0 Å². The largest absolute Gasteiger partial charge is 0.393 e. The second kappa shape index (κ2) is 4.07. The van der Waals surface area contributed by atoms with Crippen LogP contribution < -0.4 is 5.32 Å². The molecule has 0 bridgehead atoms. The Hall–Kier alpha value is -1.36. The number of carbonyl (C=O) groups is 1. The van der Waals surface area contributed by atoms with Gasteiger partial charge in [0.15, 0.2) is 5.11 Å². The topological polar surface area (TPSA) is 56.1 Å². The number of nitrogens with zero attached hydrogens (tertiary/aromatic N) is 2. The molecule has 1 saturated heterocycles. The summed E-state index contributed by atoms with van der Waals surface area (Å²) in [5, 5.41) is 11.5. The molecule has 8 heteroatoms. The van der Waals surface area contributed by atoms with E-state index in [0.717, 1.165) is 4.90 Å². The van der Waals surface area contributed by atoms with Gasteiger partial charge in [-0.3, -0.25) is 9.69 Å². The minimum absolute atomic E-state index is 0.0331. The van der Waals surface area contributed by atoms with Crippen molar-refractivity contribution >= 4 is 23.2 Å². The van der Waals surface area contributed by atoms with Crippen LogP contribution in [0.2, 0.25) is 0 Å². The van der Waals surface area contributed by atoms with Crippen molar-refractivity contribution in [3.8, 4) is 6.07 Å². The third kappa shape index (κ3) is 2.06. The molecule has 2 unspecified atom stereocenters. The molecule has 4 nitrogen and oxygen atoms in total. The maximum atomic E-state index is 12.8. The van der Waals surface area contributed by atoms with E-state index >= 15 is 0 Å². The van der Waals surface area contributed by atoms with Gasteiger partial charge < -0.3 is 5.32 Å². The molecule has 1 amide bonds. The first-order chi connectivity index (χ1) is 8.59. The van der Waals surface area contributed by atoms with Crippen LogP contribution in [0.15, 0.2) is 0 Å². The SMILES string of the molecule is CC1(C)NC(=S)N([C@H]2C(C#N)CC2C(F)(F)F)C1=O. The summed E-state index contributed by atoms with van der Waals surface area (Å²) in [5.41, 5.74) is -1.02. The van der Waals surface area contributed by atoms with E-state index in [1.54, 1.807) is 13.8 Å². The van der Waals surface area contributed by atoms with Crippen LogP contribution in [0.25, 0.3) is 0 Å². The fraction of sp³-hybridized carbons (Fsp3) is 0.727. The average Bonchev–Trinajstić information content (AvgIpc) is 2.38. The first kappa shape index (κ1) is 14.1. The summed E-state index contributed by atoms with van der Waals surface area (Å²) in [6, 6.07) is 0.609. The van der Waals surface area contributed by atoms with Crippen LogP contribution in [0.5, 0.6) is 0 Å². The number of halogens is 3. The number of nitrogens with one attached hydrogen (secondary N) is 1. The van der Waals surface area contributed by atoms with Gasteiger partial charge in [-0.15, -0.1) is 0 Å². The summed E-state index contributed by atoms with van der Waals surface area (Å²) in [4.78, 5) is 13.0. The lowest BCUT2D eigenvalue weighted by Gasteiger charge is -2.46. The molecule has 104 valence electrons. The van der Waals surface area contributed by atoms with E-state index in [1.165, 1.54) is 0 Å². The Balaban J connectivity index is 2.31. The van der Waals surface area contributed by atoms with Gasteiger partial charge in [0.25, 0.3) is 5.91 Å². The van der Waals surface area contributed by atoms with Crippen molar-refractivity contribution < 1.29 is 18.0 Å². The summed E-state index contributed by atoms with van der Waals surface area (Å²) < 4.78 is 38.5. The van der Waals surface area contributed by atoms with Gasteiger partial charge in [0, 0.05) is 0 Å². The second-order valence-corrected chi connectivity index (χ2v) is 5.73. The van der Waals surface area contributed by atoms with Crippen LogP contribution in [0, 0.1) is 23.2 Å². The summed E-state index contributed by atoms with van der Waals surface area (Å²) in [7, 11) is 0. The van der Waals surface area contributed by atoms with Crippen molar-refractivity contribution in [1.29, 1.82) is 5.26 Å². The number of amides is 1. The summed E-state index contributed by atoms with van der Waals surface area (Å²) in [6.45, 7) is 3.09. The minimum atomic E-state index is -4.43. The van der Waals surface area contributed by atoms with Gasteiger partial charge in [0.05, 0.1) is 23.9 Å². The smallest absolute Gasteiger partial charge is 0.348 e. The van der Waals surface area contributed by atoms with Crippen molar-refractivity contribution in [2.75, 3.05) is 0 Å². The predicted octanol–water partition coefficient (Wildman–Crippen LogP) is 1.57. The predicted molar refractivity (Wildman–Crippen MR) is 63.7 cm³/mol. The molecule has 2 rings (SSSR count). The quantitative estimate of drug-likeness (QED) is 0.745. The molecule has 1 aliphatic heterocycles. The molecule has 2 fully saturated rings. The van der Waals surface area contributed by atoms with Crippen LogP contribution in [0.1, 0.15) is 20.3 Å². The average molecular weight is 291 g/mol. The lowest BCUT2D eigenvalue weighted by molar-refractivity contribution is -0.219. The van der Waals surface area contributed by atoms with Gasteiger partial charge in [-0.25, -0.2) is 0 Å². The fourth-order valence-corrected chi connectivity index (χ4v) is 2.96. The van der Waals surface area contributed by atoms with Gasteiger partial charge in [-0.1, -0.05) is 0 Å². The zero-order valence-electron chi connectivity index (χ0n) is 10.3. The second-order valence-electron chi connectivity index (χ2n) is 5.34. The molecule has 0 radical (unpaired) electrons. The van der Waals surface area contributed by atoms with Crippen LogP contribution in [-0.2, 0) is 4.79 Å². The Kier molecular flexibility index (Phi) is 3.01. The number of nitriles is 1. The first-order valence-electron chi connectivity index (χ1n) is 5.71. The summed E-state index contributed by atoms with van der Waals surface area (Å²) >= 11 is 4.94. The van der Waals surface area contributed by atoms with Crippen molar-refractivity contribution in [3.63, 3.8) is 0 Å². The van der Waals surface area contributed by atoms with E-state index in [-0.39, 0.29) is 11.5 Å². The lowest BCUT2D eigenvalue weighted by Crippen LogP contribution is -2.60. The van der Waals surface area contributed by atoms with E-state index in [4.69, 9.17) is 17.5 Å². The molecule has 0 aromatic heterocycles. The molecule has 0 aromatic rings. The number of carbonyl (C=O) groups excluding carboxylic acids is 1. The highest BCUT2D eigenvalue weighted by molar-refractivity contribution is 7.80. The standard InChI is InChI=1S/C11H12F3N3OS/c1-10(2)8(18)17(9(19)16-10)7-5(4-15)3-6(7)11(12,13)14/h5-7H,3H2,1-2H3,(H,16,19)/t5?,6?,7-/m0/s1. The molecule has 3 atom stereocenters. The Morgan fingerprint density at radius 1 is 1.53 bits per heavy atom. The summed E-state index contributed by atoms with van der Waals surface area (Å²) in [5.74, 6) is -3.03. The maximum Gasteiger partial charge on any atom is 0.393 e. The Bertz CT molecular complexity index is 483. The van der Waals surface area contributed by atoms with E-state index < -0.39 is 35.5 Å². The minimum Gasteiger partial charge on any atom is -0.348 e. The molecule has 0 aromatic carbocycles. The Labute approximate surface area is 113 Å². The Morgan fingerprint density at radius 2 is 2.11 bits per heavy atom. The maximum absolute atomic E-state index is 12.8. The van der Waals surface area contributed by atoms with Gasteiger partial charge >= 0.3 is 6.18 Å². The van der Waals surface area contributed by atoms with Crippen LogP contribution in [0.4, 0.5) is 13.2 Å². The third-order valence-corrected chi connectivity index (χ3v) is 3.91. The molecule has 1 heterocycles. The number of hydrogen-bond donors (Lipinski definition) is 1. The monoisotopic (exact) mass is 291 g/mol. The Morgan fingerprint density at radius 3 is 2.47 bits per heavy atom. The lowest BCUT2D eigenvalue weighted by atomic mass is 9.69. The highest BCUT2D eigenvalue weighted by Gasteiger charge is 2.61. The van der Waals surface area contributed by atoms with E-state index in [0.29, 0.717) is 0 Å². The van der Waals surface area contributed by atoms with Crippen LogP contribution in [0.3, 0.4) is 0 Å². The van der Waals surface area contributed by atoms with Crippen LogP contribution >= 0.6 is 12.2 Å². The number of hydrogen-bond acceptors (Lipinski definition) is 3. The molecule has 1 N–H and O–H groups in total. The highest BCUT2D eigenvalue weighted by Crippen LogP contribution is 2.48. The summed E-state index contributed by atoms with van der Waals surface area (Å²) in [6.07, 6.45) is -4.71. The highest BCUT2D eigenvalue weighted by atomic mass is 32.1. The third-order valence-electron chi connectivity index (χ3n) is 3.61. The van der Waals surface area contributed by atoms with Gasteiger partial charge in [0.1, 0.15) is 5.54 Å². The molecule has 1 aliphatic carbocycles. The molecule has 19 heavy (non-hydrogen) atoms. The number of alkyl halides is 3. The number of thiocarbonyl (C=S) groups is 1.